The van der Waals surface area contributed by atoms with Crippen LogP contribution in [0.25, 0.3) is 0 Å². The van der Waals surface area contributed by atoms with Gasteiger partial charge in [0.2, 0.25) is 0 Å². The Morgan fingerprint density at radius 3 is 1.54 bits per heavy atom. The van der Waals surface area contributed by atoms with Crippen LogP contribution in [0.3, 0.4) is 0 Å². The number of esters is 1. The lowest BCUT2D eigenvalue weighted by molar-refractivity contribution is -0.143. The second-order valence-corrected chi connectivity index (χ2v) is 7.08. The van der Waals surface area contributed by atoms with Gasteiger partial charge in [-0.3, -0.25) is 0 Å². The maximum Gasteiger partial charge on any atom is 0.330 e. The second kappa shape index (κ2) is 18.5. The third kappa shape index (κ3) is 16.1. The molecule has 2 nitrogen and oxygen atoms in total. The summed E-state index contributed by atoms with van der Waals surface area (Å²) < 4.78 is 5.51. The first kappa shape index (κ1) is 23.2. The van der Waals surface area contributed by atoms with Crippen LogP contribution in [0.15, 0.2) is 12.7 Å². The number of ether oxygens (including phenoxy) is 1. The molecule has 0 bridgehead atoms. The highest BCUT2D eigenvalue weighted by molar-refractivity contribution is 5.81. The summed E-state index contributed by atoms with van der Waals surface area (Å²) in [6.07, 6.45) is 21.8. The standard InChI is InChI=1S/C22H42O2/c1-4-7-9-11-12-13-14-15-16-18-20-21(24-22(23)6-3)19-17-10-8-5-2/h6,21H,3-5,7-20H2,1-2H3. The number of hydrogen-bond donors (Lipinski definition) is 0. The van der Waals surface area contributed by atoms with E-state index in [1.54, 1.807) is 0 Å². The predicted molar refractivity (Wildman–Crippen MR) is 105 cm³/mol. The van der Waals surface area contributed by atoms with Gasteiger partial charge in [0.25, 0.3) is 0 Å². The predicted octanol–water partition coefficient (Wildman–Crippen LogP) is 7.37. The van der Waals surface area contributed by atoms with Crippen LogP contribution in [0.5, 0.6) is 0 Å². The van der Waals surface area contributed by atoms with Crippen molar-refractivity contribution in [2.45, 2.75) is 123 Å². The van der Waals surface area contributed by atoms with Crippen molar-refractivity contribution < 1.29 is 9.53 Å². The van der Waals surface area contributed by atoms with Crippen LogP contribution in [0.2, 0.25) is 0 Å². The fourth-order valence-corrected chi connectivity index (χ4v) is 3.13. The van der Waals surface area contributed by atoms with Gasteiger partial charge in [0, 0.05) is 6.08 Å². The zero-order valence-electron chi connectivity index (χ0n) is 16.5. The average Bonchev–Trinajstić information content (AvgIpc) is 2.59. The molecule has 0 fully saturated rings. The van der Waals surface area contributed by atoms with E-state index in [1.807, 2.05) is 0 Å². The highest BCUT2D eigenvalue weighted by Crippen LogP contribution is 2.17. The van der Waals surface area contributed by atoms with Crippen LogP contribution in [0, 0.1) is 0 Å². The summed E-state index contributed by atoms with van der Waals surface area (Å²) in [5.41, 5.74) is 0. The van der Waals surface area contributed by atoms with E-state index in [1.165, 1.54) is 96.0 Å². The number of carbonyl (C=O) groups excluding carboxylic acids is 1. The van der Waals surface area contributed by atoms with Gasteiger partial charge >= 0.3 is 5.97 Å². The van der Waals surface area contributed by atoms with E-state index in [-0.39, 0.29) is 12.1 Å². The molecule has 2 heteroatoms. The molecular weight excluding hydrogens is 296 g/mol. The van der Waals surface area contributed by atoms with E-state index >= 15 is 0 Å². The lowest BCUT2D eigenvalue weighted by Crippen LogP contribution is -2.16. The molecule has 24 heavy (non-hydrogen) atoms. The van der Waals surface area contributed by atoms with Crippen LogP contribution in [0.4, 0.5) is 0 Å². The van der Waals surface area contributed by atoms with Crippen molar-refractivity contribution in [2.75, 3.05) is 0 Å². The summed E-state index contributed by atoms with van der Waals surface area (Å²) in [4.78, 5) is 11.5. The maximum absolute atomic E-state index is 11.5. The summed E-state index contributed by atoms with van der Waals surface area (Å²) in [5, 5.41) is 0. The molecule has 0 aliphatic rings. The zero-order chi connectivity index (χ0) is 17.9. The molecule has 0 amide bonds. The summed E-state index contributed by atoms with van der Waals surface area (Å²) in [6.45, 7) is 7.99. The van der Waals surface area contributed by atoms with Crippen LogP contribution in [-0.2, 0) is 9.53 Å². The van der Waals surface area contributed by atoms with Gasteiger partial charge in [0.05, 0.1) is 0 Å². The highest BCUT2D eigenvalue weighted by atomic mass is 16.5. The smallest absolute Gasteiger partial charge is 0.330 e. The molecule has 0 radical (unpaired) electrons. The van der Waals surface area contributed by atoms with E-state index in [4.69, 9.17) is 4.74 Å². The molecule has 0 aliphatic heterocycles. The van der Waals surface area contributed by atoms with Crippen LogP contribution >= 0.6 is 0 Å². The van der Waals surface area contributed by atoms with Gasteiger partial charge in [0.15, 0.2) is 0 Å². The fraction of sp³-hybridized carbons (Fsp3) is 0.864. The van der Waals surface area contributed by atoms with E-state index in [0.717, 1.165) is 12.8 Å². The molecule has 0 aliphatic carbocycles. The first-order chi connectivity index (χ1) is 11.7. The van der Waals surface area contributed by atoms with E-state index in [9.17, 15) is 4.79 Å². The SMILES string of the molecule is C=CC(=O)OC(CCCCCC)CCCCCCCCCCCC. The molecule has 0 heterocycles. The largest absolute Gasteiger partial charge is 0.459 e. The molecule has 0 saturated carbocycles. The van der Waals surface area contributed by atoms with E-state index in [2.05, 4.69) is 20.4 Å². The molecule has 0 saturated heterocycles. The lowest BCUT2D eigenvalue weighted by atomic mass is 10.0. The van der Waals surface area contributed by atoms with Gasteiger partial charge in [-0.15, -0.1) is 0 Å². The van der Waals surface area contributed by atoms with Gasteiger partial charge in [-0.2, -0.15) is 0 Å². The second-order valence-electron chi connectivity index (χ2n) is 7.08. The van der Waals surface area contributed by atoms with E-state index < -0.39 is 0 Å². The van der Waals surface area contributed by atoms with Crippen LogP contribution < -0.4 is 0 Å². The van der Waals surface area contributed by atoms with Crippen LogP contribution in [0.1, 0.15) is 117 Å². The Labute approximate surface area is 151 Å². The number of rotatable bonds is 18. The van der Waals surface area contributed by atoms with Crippen molar-refractivity contribution in [3.8, 4) is 0 Å². The summed E-state index contributed by atoms with van der Waals surface area (Å²) in [5.74, 6) is -0.262. The summed E-state index contributed by atoms with van der Waals surface area (Å²) in [6, 6.07) is 0. The molecule has 0 aromatic heterocycles. The Bertz CT molecular complexity index is 286. The van der Waals surface area contributed by atoms with Crippen molar-refractivity contribution in [1.29, 1.82) is 0 Å². The van der Waals surface area contributed by atoms with Crippen LogP contribution in [-0.4, -0.2) is 12.1 Å². The van der Waals surface area contributed by atoms with Crippen molar-refractivity contribution >= 4 is 5.97 Å². The van der Waals surface area contributed by atoms with Crippen molar-refractivity contribution in [3.05, 3.63) is 12.7 Å². The fourth-order valence-electron chi connectivity index (χ4n) is 3.13. The third-order valence-corrected chi connectivity index (χ3v) is 4.71. The Balaban J connectivity index is 3.65. The van der Waals surface area contributed by atoms with Gasteiger partial charge in [-0.25, -0.2) is 4.79 Å². The molecule has 1 unspecified atom stereocenters. The molecule has 142 valence electrons. The van der Waals surface area contributed by atoms with Gasteiger partial charge in [0.1, 0.15) is 6.10 Å². The number of hydrogen-bond acceptors (Lipinski definition) is 2. The lowest BCUT2D eigenvalue weighted by Gasteiger charge is -2.17. The maximum atomic E-state index is 11.5. The molecular formula is C22H42O2. The highest BCUT2D eigenvalue weighted by Gasteiger charge is 2.12. The Morgan fingerprint density at radius 2 is 1.12 bits per heavy atom. The zero-order valence-corrected chi connectivity index (χ0v) is 16.5. The molecule has 0 spiro atoms. The Morgan fingerprint density at radius 1 is 0.750 bits per heavy atom. The topological polar surface area (TPSA) is 26.3 Å². The number of carbonyl (C=O) groups is 1. The third-order valence-electron chi connectivity index (χ3n) is 4.71. The normalized spacial score (nSPS) is 12.1. The average molecular weight is 339 g/mol. The minimum absolute atomic E-state index is 0.0985. The minimum atomic E-state index is -0.262. The van der Waals surface area contributed by atoms with Crippen molar-refractivity contribution in [2.24, 2.45) is 0 Å². The minimum Gasteiger partial charge on any atom is -0.459 e. The monoisotopic (exact) mass is 338 g/mol. The summed E-state index contributed by atoms with van der Waals surface area (Å²) >= 11 is 0. The Kier molecular flexibility index (Phi) is 17.9. The first-order valence-corrected chi connectivity index (χ1v) is 10.6. The molecule has 0 rings (SSSR count). The molecule has 0 N–H and O–H groups in total. The quantitative estimate of drug-likeness (QED) is 0.148. The molecule has 0 aromatic rings. The molecule has 1 atom stereocenters. The van der Waals surface area contributed by atoms with E-state index in [0.29, 0.717) is 0 Å². The molecule has 0 aromatic carbocycles. The van der Waals surface area contributed by atoms with Gasteiger partial charge in [-0.05, 0) is 25.7 Å². The first-order valence-electron chi connectivity index (χ1n) is 10.6. The van der Waals surface area contributed by atoms with Crippen molar-refractivity contribution in [1.82, 2.24) is 0 Å². The van der Waals surface area contributed by atoms with Crippen molar-refractivity contribution in [3.63, 3.8) is 0 Å². The van der Waals surface area contributed by atoms with Gasteiger partial charge < -0.3 is 4.74 Å². The van der Waals surface area contributed by atoms with Gasteiger partial charge in [-0.1, -0.05) is 97.5 Å². The number of unbranched alkanes of at least 4 members (excludes halogenated alkanes) is 12. The summed E-state index contributed by atoms with van der Waals surface area (Å²) in [7, 11) is 0. The Hall–Kier alpha value is -0.790.